The van der Waals surface area contributed by atoms with Crippen molar-refractivity contribution in [1.82, 2.24) is 5.32 Å². The Morgan fingerprint density at radius 2 is 2.38 bits per heavy atom. The number of hydrogen-bond donors (Lipinski definition) is 1. The van der Waals surface area contributed by atoms with Crippen LogP contribution in [0.3, 0.4) is 0 Å². The Balaban J connectivity index is 2.33. The van der Waals surface area contributed by atoms with Crippen LogP contribution in [0, 0.1) is 0 Å². The summed E-state index contributed by atoms with van der Waals surface area (Å²) in [7, 11) is 0. The van der Waals surface area contributed by atoms with E-state index in [0.29, 0.717) is 5.37 Å². The molecule has 2 atom stereocenters. The van der Waals surface area contributed by atoms with Crippen molar-refractivity contribution in [1.29, 1.82) is 0 Å². The van der Waals surface area contributed by atoms with Gasteiger partial charge >= 0.3 is 5.97 Å². The molecule has 0 bridgehead atoms. The second kappa shape index (κ2) is 4.86. The van der Waals surface area contributed by atoms with Gasteiger partial charge in [-0.05, 0) is 20.3 Å². The van der Waals surface area contributed by atoms with Crippen LogP contribution in [0.2, 0.25) is 0 Å². The zero-order valence-corrected chi connectivity index (χ0v) is 9.19. The molecule has 1 saturated heterocycles. The highest BCUT2D eigenvalue weighted by Gasteiger charge is 2.29. The van der Waals surface area contributed by atoms with Crippen LogP contribution in [0.1, 0.15) is 27.2 Å². The van der Waals surface area contributed by atoms with Crippen molar-refractivity contribution in [3.05, 3.63) is 0 Å². The largest absolute Gasteiger partial charge is 0.462 e. The monoisotopic (exact) mass is 203 g/mol. The maximum atomic E-state index is 11.4. The third-order valence-electron chi connectivity index (χ3n) is 1.86. The van der Waals surface area contributed by atoms with Gasteiger partial charge in [-0.2, -0.15) is 0 Å². The lowest BCUT2D eigenvalue weighted by atomic mass is 10.3. The number of hydrogen-bond acceptors (Lipinski definition) is 4. The summed E-state index contributed by atoms with van der Waals surface area (Å²) < 4.78 is 5.11. The van der Waals surface area contributed by atoms with Crippen LogP contribution in [-0.2, 0) is 9.53 Å². The number of carbonyl (C=O) groups is 1. The Morgan fingerprint density at radius 1 is 1.69 bits per heavy atom. The van der Waals surface area contributed by atoms with E-state index in [4.69, 9.17) is 4.74 Å². The predicted octanol–water partition coefficient (Wildman–Crippen LogP) is 1.38. The molecule has 13 heavy (non-hydrogen) atoms. The van der Waals surface area contributed by atoms with Crippen molar-refractivity contribution >= 4 is 17.7 Å². The maximum absolute atomic E-state index is 11.4. The molecule has 3 nitrogen and oxygen atoms in total. The molecule has 0 aromatic heterocycles. The lowest BCUT2D eigenvalue weighted by molar-refractivity contribution is -0.149. The number of carbonyl (C=O) groups excluding carboxylic acids is 1. The van der Waals surface area contributed by atoms with Crippen LogP contribution >= 0.6 is 11.8 Å². The minimum absolute atomic E-state index is 0.0139. The molecular formula is C9H17NO2S. The van der Waals surface area contributed by atoms with E-state index in [9.17, 15) is 4.79 Å². The molecule has 0 amide bonds. The van der Waals surface area contributed by atoms with Crippen LogP contribution in [-0.4, -0.2) is 29.2 Å². The molecular weight excluding hydrogens is 186 g/mol. The number of nitrogens with one attached hydrogen (secondary N) is 1. The van der Waals surface area contributed by atoms with Gasteiger partial charge in [0.2, 0.25) is 0 Å². The smallest absolute Gasteiger partial charge is 0.324 e. The summed E-state index contributed by atoms with van der Waals surface area (Å²) in [6, 6.07) is -0.0997. The summed E-state index contributed by atoms with van der Waals surface area (Å²) in [6.45, 7) is 5.86. The highest BCUT2D eigenvalue weighted by molar-refractivity contribution is 8.00. The Kier molecular flexibility index (Phi) is 4.06. The van der Waals surface area contributed by atoms with Crippen molar-refractivity contribution in [2.75, 3.05) is 5.75 Å². The van der Waals surface area contributed by atoms with Gasteiger partial charge in [0.25, 0.3) is 0 Å². The van der Waals surface area contributed by atoms with Gasteiger partial charge in [-0.25, -0.2) is 0 Å². The predicted molar refractivity (Wildman–Crippen MR) is 54.7 cm³/mol. The van der Waals surface area contributed by atoms with Crippen molar-refractivity contribution in [2.24, 2.45) is 0 Å². The van der Waals surface area contributed by atoms with E-state index >= 15 is 0 Å². The molecule has 0 spiro atoms. The van der Waals surface area contributed by atoms with Gasteiger partial charge in [0.15, 0.2) is 0 Å². The molecule has 0 aliphatic carbocycles. The lowest BCUT2D eigenvalue weighted by Crippen LogP contribution is -2.38. The van der Waals surface area contributed by atoms with Crippen molar-refractivity contribution in [3.8, 4) is 0 Å². The summed E-state index contributed by atoms with van der Waals surface area (Å²) in [5.74, 6) is 0.725. The maximum Gasteiger partial charge on any atom is 0.324 e. The van der Waals surface area contributed by atoms with Crippen LogP contribution < -0.4 is 5.32 Å². The standard InChI is InChI=1S/C9H17NO2S/c1-4-8-10-7(5-13-8)9(11)12-6(2)3/h6-8,10H,4-5H2,1-3H3/t7-,8+/m0/s1. The highest BCUT2D eigenvalue weighted by Crippen LogP contribution is 2.21. The minimum Gasteiger partial charge on any atom is -0.462 e. The van der Waals surface area contributed by atoms with Crippen molar-refractivity contribution in [2.45, 2.75) is 44.7 Å². The number of ether oxygens (including phenoxy) is 1. The Bertz CT molecular complexity index is 184. The molecule has 1 aliphatic heterocycles. The molecule has 0 aromatic carbocycles. The van der Waals surface area contributed by atoms with Crippen LogP contribution in [0.25, 0.3) is 0 Å². The van der Waals surface area contributed by atoms with Gasteiger partial charge in [0, 0.05) is 5.75 Å². The minimum atomic E-state index is -0.113. The highest BCUT2D eigenvalue weighted by atomic mass is 32.2. The van der Waals surface area contributed by atoms with Crippen LogP contribution in [0.4, 0.5) is 0 Å². The van der Waals surface area contributed by atoms with Gasteiger partial charge in [-0.3, -0.25) is 10.1 Å². The molecule has 0 saturated carbocycles. The number of esters is 1. The lowest BCUT2D eigenvalue weighted by Gasteiger charge is -2.13. The van der Waals surface area contributed by atoms with E-state index in [1.54, 1.807) is 11.8 Å². The molecule has 0 aromatic rings. The quantitative estimate of drug-likeness (QED) is 0.703. The zero-order valence-electron chi connectivity index (χ0n) is 8.37. The van der Waals surface area contributed by atoms with Crippen molar-refractivity contribution < 1.29 is 9.53 Å². The third kappa shape index (κ3) is 3.19. The number of thioether (sulfide) groups is 1. The first kappa shape index (κ1) is 10.9. The summed E-state index contributed by atoms with van der Waals surface area (Å²) in [4.78, 5) is 11.4. The fourth-order valence-electron chi connectivity index (χ4n) is 1.22. The average molecular weight is 203 g/mol. The SMILES string of the molecule is CC[C@@H]1N[C@H](C(=O)OC(C)C)CS1. The van der Waals surface area contributed by atoms with Crippen LogP contribution in [0.5, 0.6) is 0 Å². The van der Waals surface area contributed by atoms with Gasteiger partial charge in [0.05, 0.1) is 11.5 Å². The third-order valence-corrected chi connectivity index (χ3v) is 3.26. The van der Waals surface area contributed by atoms with Gasteiger partial charge < -0.3 is 4.74 Å². The number of rotatable bonds is 3. The first-order chi connectivity index (χ1) is 6.13. The van der Waals surface area contributed by atoms with Gasteiger partial charge in [0.1, 0.15) is 6.04 Å². The van der Waals surface area contributed by atoms with Gasteiger partial charge in [-0.1, -0.05) is 6.92 Å². The normalized spacial score (nSPS) is 28.0. The van der Waals surface area contributed by atoms with E-state index in [1.165, 1.54) is 0 Å². The van der Waals surface area contributed by atoms with E-state index in [2.05, 4.69) is 12.2 Å². The fraction of sp³-hybridized carbons (Fsp3) is 0.889. The molecule has 0 unspecified atom stereocenters. The zero-order chi connectivity index (χ0) is 9.84. The van der Waals surface area contributed by atoms with E-state index in [0.717, 1.165) is 12.2 Å². The first-order valence-electron chi connectivity index (χ1n) is 4.71. The van der Waals surface area contributed by atoms with Gasteiger partial charge in [-0.15, -0.1) is 11.8 Å². The fourth-order valence-corrected chi connectivity index (χ4v) is 2.37. The topological polar surface area (TPSA) is 38.3 Å². The molecule has 0 radical (unpaired) electrons. The molecule has 1 heterocycles. The second-order valence-electron chi connectivity index (χ2n) is 3.44. The van der Waals surface area contributed by atoms with E-state index < -0.39 is 0 Å². The summed E-state index contributed by atoms with van der Waals surface area (Å²) in [5, 5.41) is 3.66. The molecule has 76 valence electrons. The molecule has 1 aliphatic rings. The second-order valence-corrected chi connectivity index (χ2v) is 4.67. The Morgan fingerprint density at radius 3 is 2.85 bits per heavy atom. The molecule has 1 rings (SSSR count). The van der Waals surface area contributed by atoms with E-state index in [1.807, 2.05) is 13.8 Å². The Hall–Kier alpha value is -0.220. The van der Waals surface area contributed by atoms with E-state index in [-0.39, 0.29) is 18.1 Å². The Labute approximate surface area is 83.6 Å². The average Bonchev–Trinajstić information content (AvgIpc) is 2.50. The molecule has 4 heteroatoms. The molecule has 1 N–H and O–H groups in total. The summed E-state index contributed by atoms with van der Waals surface area (Å²) >= 11 is 1.79. The summed E-state index contributed by atoms with van der Waals surface area (Å²) in [6.07, 6.45) is 1.04. The summed E-state index contributed by atoms with van der Waals surface area (Å²) in [5.41, 5.74) is 0. The molecule has 1 fully saturated rings. The first-order valence-corrected chi connectivity index (χ1v) is 5.76. The van der Waals surface area contributed by atoms with Crippen LogP contribution in [0.15, 0.2) is 0 Å². The van der Waals surface area contributed by atoms with Crippen molar-refractivity contribution in [3.63, 3.8) is 0 Å².